The number of nitrogens with zero attached hydrogens (tertiary/aromatic N) is 3. The average molecular weight is 402 g/mol. The van der Waals surface area contributed by atoms with Crippen molar-refractivity contribution < 1.29 is 22.7 Å². The quantitative estimate of drug-likeness (QED) is 0.704. The van der Waals surface area contributed by atoms with E-state index in [1.165, 1.54) is 15.6 Å². The van der Waals surface area contributed by atoms with E-state index in [0.717, 1.165) is 0 Å². The molecule has 3 rings (SSSR count). The summed E-state index contributed by atoms with van der Waals surface area (Å²) in [5.74, 6) is -0.125. The Morgan fingerprint density at radius 2 is 1.54 bits per heavy atom. The fraction of sp³-hybridized carbons (Fsp3) is 0.625. The molecule has 0 bridgehead atoms. The van der Waals surface area contributed by atoms with Crippen LogP contribution >= 0.6 is 11.3 Å². The first-order valence-corrected chi connectivity index (χ1v) is 11.0. The lowest BCUT2D eigenvalue weighted by Gasteiger charge is -2.34. The highest BCUT2D eigenvalue weighted by Gasteiger charge is 2.30. The van der Waals surface area contributed by atoms with Crippen LogP contribution in [0.5, 0.6) is 0 Å². The molecule has 0 atom stereocenters. The maximum absolute atomic E-state index is 12.5. The molecule has 0 spiro atoms. The van der Waals surface area contributed by atoms with Crippen LogP contribution in [0.3, 0.4) is 0 Å². The van der Waals surface area contributed by atoms with Gasteiger partial charge in [-0.2, -0.15) is 4.31 Å². The molecule has 10 heteroatoms. The molecule has 2 fully saturated rings. The molecule has 1 aromatic heterocycles. The zero-order chi connectivity index (χ0) is 18.6. The molecular weight excluding hydrogens is 378 g/mol. The molecule has 3 heterocycles. The van der Waals surface area contributed by atoms with Gasteiger partial charge in [0.05, 0.1) is 13.2 Å². The van der Waals surface area contributed by atoms with Crippen LogP contribution in [0.2, 0.25) is 0 Å². The molecule has 8 nitrogen and oxygen atoms in total. The number of sulfonamides is 1. The first-order chi connectivity index (χ1) is 12.5. The maximum atomic E-state index is 12.5. The van der Waals surface area contributed by atoms with Gasteiger partial charge in [0, 0.05) is 52.1 Å². The summed E-state index contributed by atoms with van der Waals surface area (Å²) in [5, 5.41) is 1.73. The molecule has 2 amide bonds. The first-order valence-electron chi connectivity index (χ1n) is 8.65. The minimum atomic E-state index is -3.47. The van der Waals surface area contributed by atoms with Crippen molar-refractivity contribution in [1.82, 2.24) is 14.1 Å². The molecule has 1 aromatic rings. The topological polar surface area (TPSA) is 87.2 Å². The fourth-order valence-corrected chi connectivity index (χ4v) is 5.62. The normalized spacial score (nSPS) is 19.5. The smallest absolute Gasteiger partial charge is 0.252 e. The van der Waals surface area contributed by atoms with E-state index in [2.05, 4.69) is 0 Å². The van der Waals surface area contributed by atoms with Gasteiger partial charge >= 0.3 is 0 Å². The Morgan fingerprint density at radius 1 is 0.962 bits per heavy atom. The van der Waals surface area contributed by atoms with Gasteiger partial charge in [-0.25, -0.2) is 8.42 Å². The zero-order valence-corrected chi connectivity index (χ0v) is 16.1. The van der Waals surface area contributed by atoms with Crippen LogP contribution in [0.4, 0.5) is 0 Å². The lowest BCUT2D eigenvalue weighted by atomic mass is 10.2. The Balaban J connectivity index is 1.45. The van der Waals surface area contributed by atoms with Gasteiger partial charge in [-0.3, -0.25) is 9.59 Å². The molecule has 26 heavy (non-hydrogen) atoms. The van der Waals surface area contributed by atoms with Gasteiger partial charge < -0.3 is 14.5 Å². The van der Waals surface area contributed by atoms with Crippen LogP contribution in [0, 0.1) is 0 Å². The summed E-state index contributed by atoms with van der Waals surface area (Å²) in [6.07, 6.45) is 0.348. The van der Waals surface area contributed by atoms with Crippen molar-refractivity contribution in [3.8, 4) is 0 Å². The summed E-state index contributed by atoms with van der Waals surface area (Å²) in [4.78, 5) is 27.8. The number of hydrogen-bond acceptors (Lipinski definition) is 6. The van der Waals surface area contributed by atoms with Gasteiger partial charge in [0.25, 0.3) is 10.0 Å². The average Bonchev–Trinajstić information content (AvgIpc) is 3.22. The highest BCUT2D eigenvalue weighted by atomic mass is 32.2. The molecule has 2 saturated heterocycles. The summed E-state index contributed by atoms with van der Waals surface area (Å²) < 4.78 is 31.9. The van der Waals surface area contributed by atoms with E-state index in [1.54, 1.807) is 27.3 Å². The summed E-state index contributed by atoms with van der Waals surface area (Å²) in [5.41, 5.74) is 0. The van der Waals surface area contributed by atoms with Gasteiger partial charge in [0.1, 0.15) is 4.21 Å². The molecular formula is C16H23N3O5S2. The number of thiophene rings is 1. The minimum Gasteiger partial charge on any atom is -0.378 e. The second kappa shape index (κ2) is 8.47. The second-order valence-corrected chi connectivity index (χ2v) is 9.32. The molecule has 0 unspecified atom stereocenters. The molecule has 2 aliphatic rings. The Hall–Kier alpha value is -1.49. The van der Waals surface area contributed by atoms with Crippen molar-refractivity contribution >= 4 is 33.2 Å². The van der Waals surface area contributed by atoms with Crippen molar-refractivity contribution in [2.45, 2.75) is 17.1 Å². The van der Waals surface area contributed by atoms with Crippen molar-refractivity contribution in [1.29, 1.82) is 0 Å². The molecule has 2 aliphatic heterocycles. The van der Waals surface area contributed by atoms with E-state index in [9.17, 15) is 18.0 Å². The summed E-state index contributed by atoms with van der Waals surface area (Å²) in [6.45, 7) is 3.51. The highest BCUT2D eigenvalue weighted by molar-refractivity contribution is 7.91. The minimum absolute atomic E-state index is 0.0273. The standard InChI is InChI=1S/C16H23N3O5S2/c20-14(3-4-15(21)18-9-11-24-12-10-18)17-5-7-19(8-6-17)26(22,23)16-2-1-13-25-16/h1-2,13H,3-12H2. The van der Waals surface area contributed by atoms with Crippen molar-refractivity contribution in [2.75, 3.05) is 52.5 Å². The fourth-order valence-electron chi connectivity index (χ4n) is 3.06. The largest absolute Gasteiger partial charge is 0.378 e. The Morgan fingerprint density at radius 3 is 2.08 bits per heavy atom. The Bertz CT molecular complexity index is 721. The van der Waals surface area contributed by atoms with Crippen LogP contribution in [-0.2, 0) is 24.3 Å². The van der Waals surface area contributed by atoms with E-state index >= 15 is 0 Å². The first kappa shape index (κ1) is 19.3. The molecule has 0 aromatic carbocycles. The van der Waals surface area contributed by atoms with Gasteiger partial charge in [-0.15, -0.1) is 11.3 Å². The van der Waals surface area contributed by atoms with Crippen LogP contribution in [0.25, 0.3) is 0 Å². The summed E-state index contributed by atoms with van der Waals surface area (Å²) in [7, 11) is -3.47. The lowest BCUT2D eigenvalue weighted by Crippen LogP contribution is -2.50. The van der Waals surface area contributed by atoms with Crippen LogP contribution in [-0.4, -0.2) is 86.8 Å². The van der Waals surface area contributed by atoms with Gasteiger partial charge in [-0.1, -0.05) is 6.07 Å². The molecule has 0 saturated carbocycles. The monoisotopic (exact) mass is 401 g/mol. The third kappa shape index (κ3) is 4.43. The van der Waals surface area contributed by atoms with Crippen molar-refractivity contribution in [2.24, 2.45) is 0 Å². The van der Waals surface area contributed by atoms with E-state index in [4.69, 9.17) is 4.74 Å². The molecule has 0 radical (unpaired) electrons. The number of morpholine rings is 1. The van der Waals surface area contributed by atoms with Gasteiger partial charge in [0.2, 0.25) is 11.8 Å². The predicted molar refractivity (Wildman–Crippen MR) is 96.3 cm³/mol. The molecule has 0 N–H and O–H groups in total. The SMILES string of the molecule is O=C(CCC(=O)N1CCN(S(=O)(=O)c2cccs2)CC1)N1CCOCC1. The maximum Gasteiger partial charge on any atom is 0.252 e. The summed E-state index contributed by atoms with van der Waals surface area (Å²) in [6, 6.07) is 3.30. The number of ether oxygens (including phenoxy) is 1. The van der Waals surface area contributed by atoms with E-state index in [-0.39, 0.29) is 37.7 Å². The van der Waals surface area contributed by atoms with Crippen molar-refractivity contribution in [3.05, 3.63) is 17.5 Å². The zero-order valence-electron chi connectivity index (χ0n) is 14.5. The Kier molecular flexibility index (Phi) is 6.28. The van der Waals surface area contributed by atoms with Crippen molar-refractivity contribution in [3.63, 3.8) is 0 Å². The second-order valence-electron chi connectivity index (χ2n) is 6.21. The van der Waals surface area contributed by atoms with Gasteiger partial charge in [0.15, 0.2) is 0 Å². The number of amides is 2. The number of carbonyl (C=O) groups is 2. The van der Waals surface area contributed by atoms with E-state index in [1.807, 2.05) is 0 Å². The Labute approximate surface area is 157 Å². The lowest BCUT2D eigenvalue weighted by molar-refractivity contribution is -0.139. The number of rotatable bonds is 5. The van der Waals surface area contributed by atoms with Gasteiger partial charge in [-0.05, 0) is 11.4 Å². The summed E-state index contributed by atoms with van der Waals surface area (Å²) >= 11 is 1.19. The highest BCUT2D eigenvalue weighted by Crippen LogP contribution is 2.22. The number of piperazine rings is 1. The van der Waals surface area contributed by atoms with E-state index < -0.39 is 10.0 Å². The molecule has 0 aliphatic carbocycles. The van der Waals surface area contributed by atoms with Crippen LogP contribution < -0.4 is 0 Å². The number of carbonyl (C=O) groups excluding carboxylic acids is 2. The third-order valence-corrected chi connectivity index (χ3v) is 7.87. The predicted octanol–water partition coefficient (Wildman–Crippen LogP) is 0.220. The third-order valence-electron chi connectivity index (χ3n) is 4.60. The molecule has 144 valence electrons. The van der Waals surface area contributed by atoms with Crippen LogP contribution in [0.15, 0.2) is 21.7 Å². The van der Waals surface area contributed by atoms with Crippen LogP contribution in [0.1, 0.15) is 12.8 Å². The van der Waals surface area contributed by atoms with E-state index in [0.29, 0.717) is 43.6 Å². The number of hydrogen-bond donors (Lipinski definition) is 0.